The first-order valence-corrected chi connectivity index (χ1v) is 11.9. The first kappa shape index (κ1) is 22.7. The number of ether oxygens (including phenoxy) is 1. The van der Waals surface area contributed by atoms with Gasteiger partial charge < -0.3 is 20.3 Å². The van der Waals surface area contributed by atoms with Crippen LogP contribution in [0.2, 0.25) is 0 Å². The van der Waals surface area contributed by atoms with E-state index in [0.717, 1.165) is 18.9 Å². The molecule has 2 amide bonds. The number of piperidine rings is 1. The lowest BCUT2D eigenvalue weighted by molar-refractivity contribution is -0.154. The van der Waals surface area contributed by atoms with Crippen LogP contribution in [0.25, 0.3) is 0 Å². The molecule has 3 saturated heterocycles. The molecule has 3 atom stereocenters. The summed E-state index contributed by atoms with van der Waals surface area (Å²) < 4.78 is 46.3. The Morgan fingerprint density at radius 2 is 1.61 bits per heavy atom. The summed E-state index contributed by atoms with van der Waals surface area (Å²) in [6.07, 6.45) is 4.38. The lowest BCUT2D eigenvalue weighted by Crippen LogP contribution is -2.56. The third-order valence-electron chi connectivity index (χ3n) is 8.02. The molecular formula is C24H30F3N3O3. The van der Waals surface area contributed by atoms with Crippen molar-refractivity contribution in [2.75, 3.05) is 26.3 Å². The highest BCUT2D eigenvalue weighted by Crippen LogP contribution is 2.52. The molecule has 2 bridgehead atoms. The standard InChI is InChI=1S/C24H30F3N3O3/c25-18-13-20(27)19(26)11-14(18)12-21(28)15-9-16-1-2-17(10-15)30(16)23(32)24(3-4-24)22(31)29-5-7-33-8-6-29/h11,13,15-17,21H,1-10,12,28H2. The second kappa shape index (κ2) is 8.58. The minimum atomic E-state index is -1.21. The van der Waals surface area contributed by atoms with Crippen LogP contribution in [0.3, 0.4) is 0 Å². The van der Waals surface area contributed by atoms with Gasteiger partial charge in [0.2, 0.25) is 11.8 Å². The molecule has 0 spiro atoms. The number of nitrogens with two attached hydrogens (primary N) is 1. The number of benzene rings is 1. The second-order valence-electron chi connectivity index (χ2n) is 10.0. The van der Waals surface area contributed by atoms with E-state index in [0.29, 0.717) is 58.1 Å². The van der Waals surface area contributed by atoms with Crippen LogP contribution in [0.1, 0.15) is 44.1 Å². The summed E-state index contributed by atoms with van der Waals surface area (Å²) in [6, 6.07) is 1.04. The van der Waals surface area contributed by atoms with Crippen LogP contribution in [-0.4, -0.2) is 66.0 Å². The zero-order chi connectivity index (χ0) is 23.3. The average molecular weight is 466 g/mol. The first-order chi connectivity index (χ1) is 15.8. The minimum Gasteiger partial charge on any atom is -0.378 e. The molecule has 180 valence electrons. The maximum atomic E-state index is 14.1. The van der Waals surface area contributed by atoms with Gasteiger partial charge in [-0.25, -0.2) is 13.2 Å². The van der Waals surface area contributed by atoms with Crippen molar-refractivity contribution in [3.8, 4) is 0 Å². The van der Waals surface area contributed by atoms with E-state index >= 15 is 0 Å². The predicted octanol–water partition coefficient (Wildman–Crippen LogP) is 2.38. The zero-order valence-corrected chi connectivity index (χ0v) is 18.6. The largest absolute Gasteiger partial charge is 0.378 e. The highest BCUT2D eigenvalue weighted by molar-refractivity contribution is 6.08. The number of carbonyl (C=O) groups is 2. The molecule has 1 aromatic carbocycles. The van der Waals surface area contributed by atoms with Gasteiger partial charge in [-0.1, -0.05) is 0 Å². The Morgan fingerprint density at radius 3 is 2.21 bits per heavy atom. The SMILES string of the molecule is NC(Cc1cc(F)c(F)cc1F)C1CC2CCC(C1)N2C(=O)C1(C(=O)N2CCOCC2)CC1. The molecule has 4 fully saturated rings. The van der Waals surface area contributed by atoms with Crippen molar-refractivity contribution in [3.63, 3.8) is 0 Å². The van der Waals surface area contributed by atoms with Gasteiger partial charge in [-0.2, -0.15) is 0 Å². The molecule has 3 unspecified atom stereocenters. The van der Waals surface area contributed by atoms with Crippen molar-refractivity contribution in [3.05, 3.63) is 35.1 Å². The number of morpholine rings is 1. The third-order valence-corrected chi connectivity index (χ3v) is 8.02. The van der Waals surface area contributed by atoms with Gasteiger partial charge in [0.25, 0.3) is 0 Å². The molecule has 1 saturated carbocycles. The van der Waals surface area contributed by atoms with Crippen LogP contribution < -0.4 is 5.73 Å². The lowest BCUT2D eigenvalue weighted by Gasteiger charge is -2.43. The number of hydrogen-bond acceptors (Lipinski definition) is 4. The van der Waals surface area contributed by atoms with E-state index in [1.807, 2.05) is 4.90 Å². The summed E-state index contributed by atoms with van der Waals surface area (Å²) in [6.45, 7) is 2.06. The van der Waals surface area contributed by atoms with Crippen molar-refractivity contribution < 1.29 is 27.5 Å². The first-order valence-electron chi connectivity index (χ1n) is 11.9. The summed E-state index contributed by atoms with van der Waals surface area (Å²) >= 11 is 0. The topological polar surface area (TPSA) is 75.9 Å². The Bertz CT molecular complexity index is 934. The summed E-state index contributed by atoms with van der Waals surface area (Å²) in [5, 5.41) is 0. The smallest absolute Gasteiger partial charge is 0.238 e. The number of amides is 2. The van der Waals surface area contributed by atoms with Crippen LogP contribution in [0.5, 0.6) is 0 Å². The molecular weight excluding hydrogens is 435 g/mol. The van der Waals surface area contributed by atoms with Crippen molar-refractivity contribution in [2.45, 2.75) is 63.1 Å². The fourth-order valence-electron chi connectivity index (χ4n) is 6.00. The molecule has 33 heavy (non-hydrogen) atoms. The van der Waals surface area contributed by atoms with Crippen molar-refractivity contribution in [2.24, 2.45) is 17.1 Å². The van der Waals surface area contributed by atoms with Gasteiger partial charge in [0, 0.05) is 37.3 Å². The van der Waals surface area contributed by atoms with Crippen LogP contribution in [-0.2, 0) is 20.7 Å². The normalized spacial score (nSPS) is 29.2. The highest BCUT2D eigenvalue weighted by atomic mass is 19.2. The summed E-state index contributed by atoms with van der Waals surface area (Å²) in [7, 11) is 0. The molecule has 0 radical (unpaired) electrons. The molecule has 0 aromatic heterocycles. The van der Waals surface area contributed by atoms with Crippen LogP contribution >= 0.6 is 0 Å². The Hall–Kier alpha value is -2.13. The van der Waals surface area contributed by atoms with E-state index in [9.17, 15) is 22.8 Å². The van der Waals surface area contributed by atoms with Crippen molar-refractivity contribution in [1.29, 1.82) is 0 Å². The van der Waals surface area contributed by atoms with Crippen LogP contribution in [0.15, 0.2) is 12.1 Å². The Balaban J connectivity index is 1.25. The number of halogens is 3. The van der Waals surface area contributed by atoms with E-state index in [1.54, 1.807) is 4.90 Å². The van der Waals surface area contributed by atoms with Crippen molar-refractivity contribution in [1.82, 2.24) is 9.80 Å². The zero-order valence-electron chi connectivity index (χ0n) is 18.6. The summed E-state index contributed by atoms with van der Waals surface area (Å²) in [4.78, 5) is 30.5. The molecule has 3 heterocycles. The van der Waals surface area contributed by atoms with E-state index in [2.05, 4.69) is 0 Å². The number of hydrogen-bond donors (Lipinski definition) is 1. The molecule has 6 nitrogen and oxygen atoms in total. The van der Waals surface area contributed by atoms with Crippen LogP contribution in [0, 0.1) is 28.8 Å². The van der Waals surface area contributed by atoms with Gasteiger partial charge in [-0.05, 0) is 62.5 Å². The van der Waals surface area contributed by atoms with Crippen molar-refractivity contribution >= 4 is 11.8 Å². The van der Waals surface area contributed by atoms with E-state index in [-0.39, 0.29) is 41.8 Å². The average Bonchev–Trinajstić information content (AvgIpc) is 3.57. The Labute approximate surface area is 191 Å². The van der Waals surface area contributed by atoms with E-state index in [4.69, 9.17) is 10.5 Å². The quantitative estimate of drug-likeness (QED) is 0.535. The molecule has 2 N–H and O–H groups in total. The van der Waals surface area contributed by atoms with Gasteiger partial charge >= 0.3 is 0 Å². The molecule has 4 aliphatic rings. The minimum absolute atomic E-state index is 0.0112. The monoisotopic (exact) mass is 465 g/mol. The molecule has 1 aromatic rings. The van der Waals surface area contributed by atoms with Gasteiger partial charge in [-0.3, -0.25) is 9.59 Å². The lowest BCUT2D eigenvalue weighted by atomic mass is 9.82. The molecule has 1 aliphatic carbocycles. The van der Waals surface area contributed by atoms with E-state index < -0.39 is 28.9 Å². The number of fused-ring (bicyclic) bond motifs is 2. The highest BCUT2D eigenvalue weighted by Gasteiger charge is 2.62. The second-order valence-corrected chi connectivity index (χ2v) is 10.0. The fourth-order valence-corrected chi connectivity index (χ4v) is 6.00. The van der Waals surface area contributed by atoms with Gasteiger partial charge in [0.15, 0.2) is 11.6 Å². The summed E-state index contributed by atoms with van der Waals surface area (Å²) in [5.74, 6) is -3.16. The van der Waals surface area contributed by atoms with E-state index in [1.165, 1.54) is 0 Å². The number of rotatable bonds is 5. The maximum absolute atomic E-state index is 14.1. The third kappa shape index (κ3) is 4.03. The Morgan fingerprint density at radius 1 is 1.00 bits per heavy atom. The van der Waals surface area contributed by atoms with Gasteiger partial charge in [0.1, 0.15) is 11.2 Å². The number of nitrogens with zero attached hydrogens (tertiary/aromatic N) is 2. The predicted molar refractivity (Wildman–Crippen MR) is 113 cm³/mol. The Kier molecular flexibility index (Phi) is 5.89. The van der Waals surface area contributed by atoms with Gasteiger partial charge in [0.05, 0.1) is 13.2 Å². The molecule has 9 heteroatoms. The molecule has 3 aliphatic heterocycles. The summed E-state index contributed by atoms with van der Waals surface area (Å²) in [5.41, 5.74) is 5.55. The van der Waals surface area contributed by atoms with Crippen LogP contribution in [0.4, 0.5) is 13.2 Å². The maximum Gasteiger partial charge on any atom is 0.238 e. The fraction of sp³-hybridized carbons (Fsp3) is 0.667. The number of carbonyl (C=O) groups excluding carboxylic acids is 2. The molecule has 5 rings (SSSR count). The van der Waals surface area contributed by atoms with Gasteiger partial charge in [-0.15, -0.1) is 0 Å².